The summed E-state index contributed by atoms with van der Waals surface area (Å²) in [6.07, 6.45) is -1.27. The van der Waals surface area contributed by atoms with E-state index in [1.807, 2.05) is 0 Å². The van der Waals surface area contributed by atoms with Gasteiger partial charge in [-0.1, -0.05) is 27.2 Å². The number of nitrogens with zero attached hydrogens (tertiary/aromatic N) is 2. The van der Waals surface area contributed by atoms with E-state index in [4.69, 9.17) is 26.1 Å². The summed E-state index contributed by atoms with van der Waals surface area (Å²) in [5, 5.41) is 0.809. The Morgan fingerprint density at radius 3 is 2.70 bits per heavy atom. The van der Waals surface area contributed by atoms with Crippen molar-refractivity contribution in [3.05, 3.63) is 16.7 Å². The molecule has 0 amide bonds. The minimum absolute atomic E-state index is 0.100. The van der Waals surface area contributed by atoms with Crippen molar-refractivity contribution < 1.29 is 23.4 Å². The van der Waals surface area contributed by atoms with Crippen LogP contribution in [0, 0.1) is 5.92 Å². The third-order valence-corrected chi connectivity index (χ3v) is 4.56. The predicted molar refractivity (Wildman–Crippen MR) is 104 cm³/mol. The number of hydrogen-bond acceptors (Lipinski definition) is 8. The van der Waals surface area contributed by atoms with E-state index in [0.29, 0.717) is 0 Å². The number of aromatic amines is 1. The molecule has 7 N–H and O–H groups in total. The van der Waals surface area contributed by atoms with Crippen LogP contribution < -0.4 is 22.1 Å². The van der Waals surface area contributed by atoms with E-state index in [0.717, 1.165) is 17.3 Å². The van der Waals surface area contributed by atoms with Crippen molar-refractivity contribution in [2.75, 3.05) is 17.3 Å². The maximum Gasteiger partial charge on any atom is 0.321 e. The minimum atomic E-state index is -3.85. The monoisotopic (exact) mass is 427 g/mol. The molecule has 3 unspecified atom stereocenters. The number of ether oxygens (including phenoxy) is 1. The largest absolute Gasteiger partial charge is 0.391 e. The molecule has 2 rings (SSSR count). The number of halogens is 1. The summed E-state index contributed by atoms with van der Waals surface area (Å²) in [6, 6.07) is 0. The molecule has 1 aromatic heterocycles. The van der Waals surface area contributed by atoms with Crippen LogP contribution in [0.3, 0.4) is 0 Å². The Morgan fingerprint density at radius 2 is 2.19 bits per heavy atom. The molecule has 1 aliphatic rings. The highest BCUT2D eigenvalue weighted by Crippen LogP contribution is 2.38. The van der Waals surface area contributed by atoms with Crippen molar-refractivity contribution in [3.63, 3.8) is 0 Å². The fraction of sp³-hybridized carbons (Fsp3) is 0.714. The number of hydrogen-bond donors (Lipinski definition) is 5. The highest BCUT2D eigenvalue weighted by Gasteiger charge is 2.40. The Labute approximate surface area is 161 Å². The third-order valence-electron chi connectivity index (χ3n) is 3.76. The average molecular weight is 427 g/mol. The van der Waals surface area contributed by atoms with Crippen LogP contribution in [-0.4, -0.2) is 44.9 Å². The molecule has 0 saturated carbocycles. The maximum atomic E-state index is 14.0. The number of nitrogens with two attached hydrogens (primary N) is 2. The first-order valence-corrected chi connectivity index (χ1v) is 11.0. The molecule has 0 aliphatic carbocycles. The Balaban J connectivity index is 0.000000646. The highest BCUT2D eigenvalue weighted by molar-refractivity contribution is 8.06. The van der Waals surface area contributed by atoms with Crippen molar-refractivity contribution in [2.24, 2.45) is 11.8 Å². The van der Waals surface area contributed by atoms with Gasteiger partial charge >= 0.3 is 6.72 Å². The SMILES string of the molecule is CCC(C)C.Nc1c(N(N)C2OC(COP(O)(O)=S)CC2F)nc[nH]c1=O. The fourth-order valence-corrected chi connectivity index (χ4v) is 2.50. The van der Waals surface area contributed by atoms with Crippen LogP contribution in [0.2, 0.25) is 0 Å². The van der Waals surface area contributed by atoms with E-state index in [1.165, 1.54) is 6.42 Å². The van der Waals surface area contributed by atoms with Gasteiger partial charge in [0.2, 0.25) is 0 Å². The van der Waals surface area contributed by atoms with Gasteiger partial charge in [-0.25, -0.2) is 15.2 Å². The number of H-pyrrole nitrogens is 1. The standard InChI is InChI=1S/C9H15FN5O5PS.C5H12/c10-5-1-4(2-19-21(17,18)22)20-9(5)15(12)7-6(11)8(16)14-3-13-7;1-4-5(2)3/h3-5,9H,1-2,11-12H2,(H,13,14,16)(H2,17,18,22);5H,4H2,1-3H3. The summed E-state index contributed by atoms with van der Waals surface area (Å²) in [5.74, 6) is 6.48. The summed E-state index contributed by atoms with van der Waals surface area (Å²) in [6.45, 7) is 2.50. The second kappa shape index (κ2) is 10.4. The number of rotatable bonds is 6. The van der Waals surface area contributed by atoms with E-state index in [2.05, 4.69) is 47.1 Å². The van der Waals surface area contributed by atoms with Crippen LogP contribution in [0.5, 0.6) is 0 Å². The van der Waals surface area contributed by atoms with E-state index in [1.54, 1.807) is 0 Å². The Kier molecular flexibility index (Phi) is 9.22. The lowest BCUT2D eigenvalue weighted by Gasteiger charge is -2.26. The van der Waals surface area contributed by atoms with Crippen molar-refractivity contribution in [1.29, 1.82) is 0 Å². The van der Waals surface area contributed by atoms with Crippen LogP contribution >= 0.6 is 6.72 Å². The molecule has 3 atom stereocenters. The zero-order valence-corrected chi connectivity index (χ0v) is 17.1. The number of anilines is 2. The van der Waals surface area contributed by atoms with Gasteiger partial charge in [0.25, 0.3) is 5.56 Å². The normalized spacial score (nSPS) is 22.4. The highest BCUT2D eigenvalue weighted by atomic mass is 32.5. The quantitative estimate of drug-likeness (QED) is 0.249. The van der Waals surface area contributed by atoms with Crippen molar-refractivity contribution in [2.45, 2.75) is 52.1 Å². The van der Waals surface area contributed by atoms with Gasteiger partial charge in [0, 0.05) is 6.42 Å². The van der Waals surface area contributed by atoms with Crippen LogP contribution in [0.25, 0.3) is 0 Å². The number of alkyl halides is 1. The molecular weight excluding hydrogens is 400 g/mol. The smallest absolute Gasteiger partial charge is 0.321 e. The van der Waals surface area contributed by atoms with E-state index < -0.39 is 30.8 Å². The second-order valence-electron chi connectivity index (χ2n) is 6.37. The topological polar surface area (TPSA) is 160 Å². The predicted octanol–water partition coefficient (Wildman–Crippen LogP) is 0.763. The lowest BCUT2D eigenvalue weighted by molar-refractivity contribution is 0.00303. The lowest BCUT2D eigenvalue weighted by atomic mass is 10.2. The molecule has 1 aromatic rings. The molecular formula is C14H27FN5O5PS. The van der Waals surface area contributed by atoms with E-state index >= 15 is 0 Å². The van der Waals surface area contributed by atoms with Gasteiger partial charge in [-0.2, -0.15) is 0 Å². The van der Waals surface area contributed by atoms with Gasteiger partial charge in [0.05, 0.1) is 19.0 Å². The first kappa shape index (κ1) is 23.9. The fourth-order valence-electron chi connectivity index (χ4n) is 1.96. The van der Waals surface area contributed by atoms with E-state index in [9.17, 15) is 9.18 Å². The molecule has 13 heteroatoms. The van der Waals surface area contributed by atoms with Gasteiger partial charge in [0.1, 0.15) is 11.9 Å². The molecule has 1 aliphatic heterocycles. The molecule has 27 heavy (non-hydrogen) atoms. The van der Waals surface area contributed by atoms with Crippen molar-refractivity contribution >= 4 is 30.0 Å². The van der Waals surface area contributed by atoms with Crippen LogP contribution in [0.15, 0.2) is 11.1 Å². The third kappa shape index (κ3) is 7.78. The minimum Gasteiger partial charge on any atom is -0.391 e. The van der Waals surface area contributed by atoms with E-state index in [-0.39, 0.29) is 24.5 Å². The van der Waals surface area contributed by atoms with Gasteiger partial charge in [-0.05, 0) is 17.7 Å². The number of nitrogen functional groups attached to an aromatic ring is 1. The van der Waals surface area contributed by atoms with Crippen LogP contribution in [-0.2, 0) is 21.1 Å². The molecule has 2 heterocycles. The lowest BCUT2D eigenvalue weighted by Crippen LogP contribution is -2.47. The number of hydrazine groups is 1. The molecule has 0 aromatic carbocycles. The molecule has 10 nitrogen and oxygen atoms in total. The molecule has 0 radical (unpaired) electrons. The molecule has 156 valence electrons. The molecule has 0 bridgehead atoms. The van der Waals surface area contributed by atoms with Crippen LogP contribution in [0.1, 0.15) is 33.6 Å². The zero-order valence-electron chi connectivity index (χ0n) is 15.4. The second-order valence-corrected chi connectivity index (χ2v) is 9.03. The average Bonchev–Trinajstić information content (AvgIpc) is 2.96. The van der Waals surface area contributed by atoms with Crippen molar-refractivity contribution in [1.82, 2.24) is 9.97 Å². The number of aromatic nitrogens is 2. The Bertz CT molecular complexity index is 703. The molecule has 0 spiro atoms. The molecule has 1 saturated heterocycles. The summed E-state index contributed by atoms with van der Waals surface area (Å²) >= 11 is 4.29. The zero-order chi connectivity index (χ0) is 20.8. The maximum absolute atomic E-state index is 14.0. The first-order valence-electron chi connectivity index (χ1n) is 8.32. The van der Waals surface area contributed by atoms with Gasteiger partial charge in [-0.3, -0.25) is 9.80 Å². The summed E-state index contributed by atoms with van der Waals surface area (Å²) < 4.78 is 24.0. The van der Waals surface area contributed by atoms with Gasteiger partial charge < -0.3 is 29.8 Å². The van der Waals surface area contributed by atoms with Crippen LogP contribution in [0.4, 0.5) is 15.9 Å². The van der Waals surface area contributed by atoms with Gasteiger partial charge in [0.15, 0.2) is 12.0 Å². The summed E-state index contributed by atoms with van der Waals surface area (Å²) in [7, 11) is 0. The molecule has 1 fully saturated rings. The first-order chi connectivity index (χ1) is 12.5. The number of nitrogens with one attached hydrogen (secondary N) is 1. The summed E-state index contributed by atoms with van der Waals surface area (Å²) in [4.78, 5) is 35.4. The Hall–Kier alpha value is -1.14. The summed E-state index contributed by atoms with van der Waals surface area (Å²) in [5.41, 5.74) is 4.65. The Morgan fingerprint density at radius 1 is 1.59 bits per heavy atom. The van der Waals surface area contributed by atoms with Gasteiger partial charge in [-0.15, -0.1) is 0 Å². The van der Waals surface area contributed by atoms with Crippen molar-refractivity contribution in [3.8, 4) is 0 Å².